The highest BCUT2D eigenvalue weighted by Gasteiger charge is 2.36. The van der Waals surface area contributed by atoms with Crippen LogP contribution in [0.4, 0.5) is 5.69 Å². The minimum Gasteiger partial charge on any atom is -0.493 e. The molecule has 1 N–H and O–H groups in total. The SMILES string of the molecule is CCOc1ccccc1C(C(=O)NC1CCCC1)N(C(=O)Cn1nnc2ccccc21)c1ccc(C(C)=O)cc1. The Hall–Kier alpha value is -4.53. The summed E-state index contributed by atoms with van der Waals surface area (Å²) in [5.41, 5.74) is 2.96. The van der Waals surface area contributed by atoms with Gasteiger partial charge in [0, 0.05) is 22.9 Å². The minimum atomic E-state index is -1.02. The lowest BCUT2D eigenvalue weighted by Crippen LogP contribution is -2.47. The number of hydrogen-bond acceptors (Lipinski definition) is 6. The number of ether oxygens (including phenoxy) is 1. The lowest BCUT2D eigenvalue weighted by atomic mass is 10.0. The van der Waals surface area contributed by atoms with Crippen molar-refractivity contribution in [2.75, 3.05) is 11.5 Å². The molecule has 1 unspecified atom stereocenters. The molecule has 1 atom stereocenters. The number of rotatable bonds is 10. The molecule has 40 heavy (non-hydrogen) atoms. The van der Waals surface area contributed by atoms with Crippen LogP contribution in [0.5, 0.6) is 5.75 Å². The quantitative estimate of drug-likeness (QED) is 0.288. The molecule has 9 nitrogen and oxygen atoms in total. The van der Waals surface area contributed by atoms with Gasteiger partial charge in [0.15, 0.2) is 5.78 Å². The van der Waals surface area contributed by atoms with E-state index in [0.717, 1.165) is 25.7 Å². The molecular formula is C31H33N5O4. The standard InChI is InChI=1S/C31H33N5O4/c1-3-40-28-15-9-6-12-25(28)30(31(39)32-23-10-4-5-11-23)36(24-18-16-22(17-19-24)21(2)37)29(38)20-35-27-14-8-7-13-26(27)33-34-35/h6-9,12-19,23,30H,3-5,10-11,20H2,1-2H3,(H,32,39). The zero-order chi connectivity index (χ0) is 28.1. The Balaban J connectivity index is 1.61. The van der Waals surface area contributed by atoms with Gasteiger partial charge in [-0.2, -0.15) is 0 Å². The minimum absolute atomic E-state index is 0.0468. The van der Waals surface area contributed by atoms with Gasteiger partial charge in [-0.15, -0.1) is 5.10 Å². The van der Waals surface area contributed by atoms with Crippen molar-refractivity contribution in [3.8, 4) is 5.75 Å². The van der Waals surface area contributed by atoms with Crippen LogP contribution >= 0.6 is 0 Å². The summed E-state index contributed by atoms with van der Waals surface area (Å²) in [6.07, 6.45) is 3.91. The van der Waals surface area contributed by atoms with Crippen molar-refractivity contribution in [3.05, 3.63) is 83.9 Å². The summed E-state index contributed by atoms with van der Waals surface area (Å²) >= 11 is 0. The van der Waals surface area contributed by atoms with E-state index in [9.17, 15) is 14.4 Å². The molecular weight excluding hydrogens is 506 g/mol. The third kappa shape index (κ3) is 5.73. The lowest BCUT2D eigenvalue weighted by molar-refractivity contribution is -0.127. The Morgan fingerprint density at radius 1 is 1.00 bits per heavy atom. The van der Waals surface area contributed by atoms with E-state index in [1.54, 1.807) is 30.3 Å². The third-order valence-corrected chi connectivity index (χ3v) is 7.25. The molecule has 5 rings (SSSR count). The van der Waals surface area contributed by atoms with Crippen LogP contribution in [0.2, 0.25) is 0 Å². The van der Waals surface area contributed by atoms with Crippen molar-refractivity contribution in [2.24, 2.45) is 0 Å². The van der Waals surface area contributed by atoms with Crippen molar-refractivity contribution in [1.82, 2.24) is 20.3 Å². The summed E-state index contributed by atoms with van der Waals surface area (Å²) < 4.78 is 7.46. The molecule has 1 heterocycles. The number of fused-ring (bicyclic) bond motifs is 1. The van der Waals surface area contributed by atoms with Gasteiger partial charge < -0.3 is 10.1 Å². The van der Waals surface area contributed by atoms with Gasteiger partial charge in [0.05, 0.1) is 12.1 Å². The summed E-state index contributed by atoms with van der Waals surface area (Å²) in [4.78, 5) is 41.8. The number of para-hydroxylation sites is 2. The van der Waals surface area contributed by atoms with Gasteiger partial charge >= 0.3 is 0 Å². The fourth-order valence-electron chi connectivity index (χ4n) is 5.27. The average molecular weight is 540 g/mol. The molecule has 2 amide bonds. The molecule has 1 fully saturated rings. The fraction of sp³-hybridized carbons (Fsp3) is 0.323. The van der Waals surface area contributed by atoms with Gasteiger partial charge in [-0.05, 0) is 69.2 Å². The first-order valence-corrected chi connectivity index (χ1v) is 13.7. The predicted molar refractivity (Wildman–Crippen MR) is 152 cm³/mol. The largest absolute Gasteiger partial charge is 0.493 e. The molecule has 0 radical (unpaired) electrons. The number of nitrogens with zero attached hydrogens (tertiary/aromatic N) is 4. The molecule has 4 aromatic rings. The first-order valence-electron chi connectivity index (χ1n) is 13.7. The molecule has 1 aliphatic rings. The molecule has 9 heteroatoms. The second kappa shape index (κ2) is 12.1. The summed E-state index contributed by atoms with van der Waals surface area (Å²) in [6.45, 7) is 3.63. The van der Waals surface area contributed by atoms with E-state index in [2.05, 4.69) is 15.6 Å². The average Bonchev–Trinajstić information content (AvgIpc) is 3.62. The van der Waals surface area contributed by atoms with Crippen molar-refractivity contribution < 1.29 is 19.1 Å². The Labute approximate surface area is 233 Å². The first kappa shape index (κ1) is 27.1. The molecule has 1 aromatic heterocycles. The van der Waals surface area contributed by atoms with E-state index in [1.807, 2.05) is 49.4 Å². The van der Waals surface area contributed by atoms with Crippen LogP contribution in [0.25, 0.3) is 11.0 Å². The Morgan fingerprint density at radius 3 is 2.42 bits per heavy atom. The second-order valence-corrected chi connectivity index (χ2v) is 9.97. The van der Waals surface area contributed by atoms with E-state index in [4.69, 9.17) is 4.74 Å². The third-order valence-electron chi connectivity index (χ3n) is 7.25. The summed E-state index contributed by atoms with van der Waals surface area (Å²) in [7, 11) is 0. The summed E-state index contributed by atoms with van der Waals surface area (Å²) in [5.74, 6) is -0.202. The maximum absolute atomic E-state index is 14.2. The summed E-state index contributed by atoms with van der Waals surface area (Å²) in [5, 5.41) is 11.6. The molecule has 1 saturated carbocycles. The van der Waals surface area contributed by atoms with Crippen molar-refractivity contribution in [2.45, 2.75) is 58.2 Å². The predicted octanol–water partition coefficient (Wildman–Crippen LogP) is 4.87. The van der Waals surface area contributed by atoms with Crippen LogP contribution in [0, 0.1) is 0 Å². The molecule has 3 aromatic carbocycles. The Bertz CT molecular complexity index is 1510. The molecule has 0 saturated heterocycles. The van der Waals surface area contributed by atoms with E-state index in [-0.39, 0.29) is 30.2 Å². The van der Waals surface area contributed by atoms with E-state index in [0.29, 0.717) is 40.2 Å². The number of Topliss-reactive ketones (excluding diaryl/α,β-unsaturated/α-hetero) is 1. The molecule has 206 valence electrons. The number of carbonyl (C=O) groups excluding carboxylic acids is 3. The Kier molecular flexibility index (Phi) is 8.19. The van der Waals surface area contributed by atoms with Crippen LogP contribution in [-0.4, -0.2) is 45.2 Å². The normalized spacial score (nSPS) is 14.2. The maximum Gasteiger partial charge on any atom is 0.249 e. The number of anilines is 1. The van der Waals surface area contributed by atoms with Crippen LogP contribution in [-0.2, 0) is 16.1 Å². The Morgan fingerprint density at radius 2 is 1.70 bits per heavy atom. The first-order chi connectivity index (χ1) is 19.5. The second-order valence-electron chi connectivity index (χ2n) is 9.97. The van der Waals surface area contributed by atoms with Crippen molar-refractivity contribution in [1.29, 1.82) is 0 Å². The number of amides is 2. The van der Waals surface area contributed by atoms with Gasteiger partial charge in [-0.1, -0.05) is 48.4 Å². The number of ketones is 1. The molecule has 0 aliphatic heterocycles. The zero-order valence-electron chi connectivity index (χ0n) is 22.7. The van der Waals surface area contributed by atoms with Gasteiger partial charge in [-0.25, -0.2) is 4.68 Å². The topological polar surface area (TPSA) is 106 Å². The number of aromatic nitrogens is 3. The highest BCUT2D eigenvalue weighted by molar-refractivity contribution is 6.02. The van der Waals surface area contributed by atoms with Gasteiger partial charge in [0.25, 0.3) is 0 Å². The maximum atomic E-state index is 14.2. The van der Waals surface area contributed by atoms with Crippen LogP contribution < -0.4 is 15.0 Å². The fourth-order valence-corrected chi connectivity index (χ4v) is 5.27. The van der Waals surface area contributed by atoms with Crippen molar-refractivity contribution >= 4 is 34.3 Å². The number of nitrogens with one attached hydrogen (secondary N) is 1. The highest BCUT2D eigenvalue weighted by Crippen LogP contribution is 2.35. The van der Waals surface area contributed by atoms with Crippen LogP contribution in [0.1, 0.15) is 61.5 Å². The van der Waals surface area contributed by atoms with E-state index >= 15 is 0 Å². The smallest absolute Gasteiger partial charge is 0.249 e. The number of hydrogen-bond donors (Lipinski definition) is 1. The van der Waals surface area contributed by atoms with E-state index in [1.165, 1.54) is 16.5 Å². The monoisotopic (exact) mass is 539 g/mol. The van der Waals surface area contributed by atoms with Crippen LogP contribution in [0.3, 0.4) is 0 Å². The van der Waals surface area contributed by atoms with Gasteiger partial charge in [0.2, 0.25) is 11.8 Å². The lowest BCUT2D eigenvalue weighted by Gasteiger charge is -2.33. The highest BCUT2D eigenvalue weighted by atomic mass is 16.5. The van der Waals surface area contributed by atoms with Gasteiger partial charge in [-0.3, -0.25) is 19.3 Å². The molecule has 0 bridgehead atoms. The zero-order valence-corrected chi connectivity index (χ0v) is 22.7. The molecule has 1 aliphatic carbocycles. The summed E-state index contributed by atoms with van der Waals surface area (Å²) in [6, 6.07) is 20.5. The number of benzene rings is 3. The van der Waals surface area contributed by atoms with Gasteiger partial charge in [0.1, 0.15) is 23.9 Å². The van der Waals surface area contributed by atoms with Crippen molar-refractivity contribution in [3.63, 3.8) is 0 Å². The van der Waals surface area contributed by atoms with Crippen LogP contribution in [0.15, 0.2) is 72.8 Å². The molecule has 0 spiro atoms. The number of carbonyl (C=O) groups is 3. The van der Waals surface area contributed by atoms with E-state index < -0.39 is 6.04 Å².